The summed E-state index contributed by atoms with van der Waals surface area (Å²) in [5, 5.41) is 34.6. The summed E-state index contributed by atoms with van der Waals surface area (Å²) in [6, 6.07) is -1.05. The van der Waals surface area contributed by atoms with Gasteiger partial charge in [-0.1, -0.05) is 0 Å². The third-order valence-electron chi connectivity index (χ3n) is 1.55. The van der Waals surface area contributed by atoms with Crippen LogP contribution in [0.4, 0.5) is 13.2 Å². The zero-order valence-electron chi connectivity index (χ0n) is 10.7. The first-order chi connectivity index (χ1) is 9.87. The Balaban J connectivity index is 0. The second kappa shape index (κ2) is 10.7. The molecular formula is C9H12F3NO8S. The van der Waals surface area contributed by atoms with Gasteiger partial charge in [0.25, 0.3) is 0 Å². The van der Waals surface area contributed by atoms with Crippen molar-refractivity contribution in [1.82, 2.24) is 5.32 Å². The van der Waals surface area contributed by atoms with Crippen molar-refractivity contribution in [2.24, 2.45) is 0 Å². The van der Waals surface area contributed by atoms with Crippen LogP contribution in [-0.4, -0.2) is 74.6 Å². The zero-order valence-corrected chi connectivity index (χ0v) is 11.5. The normalized spacial score (nSPS) is 11.8. The molecule has 0 bridgehead atoms. The summed E-state index contributed by atoms with van der Waals surface area (Å²) in [7, 11) is 0. The number of halogens is 3. The van der Waals surface area contributed by atoms with Crippen LogP contribution < -0.4 is 5.32 Å². The molecule has 0 heterocycles. The van der Waals surface area contributed by atoms with Crippen molar-refractivity contribution in [3.8, 4) is 0 Å². The minimum absolute atomic E-state index is 0.00884. The number of carboxylic acid groups (broad SMARTS) is 4. The molecule has 0 spiro atoms. The topological polar surface area (TPSA) is 161 Å². The summed E-state index contributed by atoms with van der Waals surface area (Å²) in [5.41, 5.74) is 0. The standard InChI is InChI=1S/C7H11NO6S.C2HF3O2/c9-5(10)1-8-4(7(13)14)2-15-3-6(11)12;3-2(4,5)1(6)7/h4,8H,1-3H2,(H,9,10)(H,11,12)(H,13,14);(H,6,7). The van der Waals surface area contributed by atoms with Gasteiger partial charge in [-0.3, -0.25) is 19.7 Å². The lowest BCUT2D eigenvalue weighted by atomic mass is 10.3. The highest BCUT2D eigenvalue weighted by Gasteiger charge is 2.38. The molecule has 13 heteroatoms. The van der Waals surface area contributed by atoms with Crippen LogP contribution in [0.25, 0.3) is 0 Å². The van der Waals surface area contributed by atoms with Gasteiger partial charge in [-0.25, -0.2) is 4.79 Å². The fourth-order valence-corrected chi connectivity index (χ4v) is 1.48. The van der Waals surface area contributed by atoms with Crippen LogP contribution in [0.15, 0.2) is 0 Å². The molecule has 0 aliphatic carbocycles. The lowest BCUT2D eigenvalue weighted by Gasteiger charge is -2.11. The molecule has 22 heavy (non-hydrogen) atoms. The molecular weight excluding hydrogens is 339 g/mol. The average Bonchev–Trinajstić information content (AvgIpc) is 2.31. The van der Waals surface area contributed by atoms with E-state index in [1.165, 1.54) is 0 Å². The molecule has 1 unspecified atom stereocenters. The fraction of sp³-hybridized carbons (Fsp3) is 0.556. The summed E-state index contributed by atoms with van der Waals surface area (Å²) in [6.07, 6.45) is -5.08. The zero-order chi connectivity index (χ0) is 17.9. The van der Waals surface area contributed by atoms with Crippen LogP contribution in [0, 0.1) is 0 Å². The van der Waals surface area contributed by atoms with Gasteiger partial charge in [0.15, 0.2) is 0 Å². The molecule has 0 aliphatic heterocycles. The lowest BCUT2D eigenvalue weighted by Crippen LogP contribution is -2.41. The summed E-state index contributed by atoms with van der Waals surface area (Å²) in [6.45, 7) is -0.468. The predicted octanol–water partition coefficient (Wildman–Crippen LogP) is -0.435. The van der Waals surface area contributed by atoms with Crippen LogP contribution in [0.5, 0.6) is 0 Å². The van der Waals surface area contributed by atoms with E-state index >= 15 is 0 Å². The van der Waals surface area contributed by atoms with Crippen molar-refractivity contribution in [1.29, 1.82) is 0 Å². The number of hydrogen-bond donors (Lipinski definition) is 5. The van der Waals surface area contributed by atoms with E-state index in [1.807, 2.05) is 0 Å². The molecule has 128 valence electrons. The van der Waals surface area contributed by atoms with E-state index in [2.05, 4.69) is 5.32 Å². The maximum absolute atomic E-state index is 10.6. The predicted molar refractivity (Wildman–Crippen MR) is 65.7 cm³/mol. The van der Waals surface area contributed by atoms with Crippen molar-refractivity contribution in [2.75, 3.05) is 18.1 Å². The number of alkyl halides is 3. The Morgan fingerprint density at radius 3 is 1.73 bits per heavy atom. The van der Waals surface area contributed by atoms with Gasteiger partial charge in [-0.2, -0.15) is 13.2 Å². The Bertz CT molecular complexity index is 414. The fourth-order valence-electron chi connectivity index (χ4n) is 0.692. The molecule has 0 aliphatic rings. The number of aliphatic carboxylic acids is 4. The highest BCUT2D eigenvalue weighted by Crippen LogP contribution is 2.13. The summed E-state index contributed by atoms with van der Waals surface area (Å²) in [5.74, 6) is -6.36. The number of hydrogen-bond acceptors (Lipinski definition) is 6. The van der Waals surface area contributed by atoms with Crippen molar-refractivity contribution < 1.29 is 52.8 Å². The molecule has 0 saturated heterocycles. The lowest BCUT2D eigenvalue weighted by molar-refractivity contribution is -0.192. The van der Waals surface area contributed by atoms with Crippen LogP contribution in [-0.2, 0) is 19.2 Å². The summed E-state index contributed by atoms with van der Waals surface area (Å²) < 4.78 is 31.7. The third-order valence-corrected chi connectivity index (χ3v) is 2.57. The van der Waals surface area contributed by atoms with E-state index in [-0.39, 0.29) is 11.5 Å². The Morgan fingerprint density at radius 2 is 1.45 bits per heavy atom. The van der Waals surface area contributed by atoms with Crippen LogP contribution in [0.2, 0.25) is 0 Å². The molecule has 0 aromatic heterocycles. The Hall–Kier alpha value is -2.02. The minimum atomic E-state index is -5.08. The van der Waals surface area contributed by atoms with Gasteiger partial charge in [0.05, 0.1) is 12.3 Å². The second-order valence-corrected chi connectivity index (χ2v) is 4.41. The number of carbonyl (C=O) groups is 4. The highest BCUT2D eigenvalue weighted by atomic mass is 32.2. The van der Waals surface area contributed by atoms with Crippen molar-refractivity contribution in [3.63, 3.8) is 0 Å². The molecule has 5 N–H and O–H groups in total. The van der Waals surface area contributed by atoms with Gasteiger partial charge in [0, 0.05) is 5.75 Å². The SMILES string of the molecule is O=C(O)C(F)(F)F.O=C(O)CNC(CSCC(=O)O)C(=O)O. The van der Waals surface area contributed by atoms with Gasteiger partial charge in [-0.15, -0.1) is 11.8 Å². The maximum Gasteiger partial charge on any atom is 0.490 e. The number of thioether (sulfide) groups is 1. The van der Waals surface area contributed by atoms with Crippen molar-refractivity contribution >= 4 is 35.6 Å². The van der Waals surface area contributed by atoms with Gasteiger partial charge in [0.2, 0.25) is 0 Å². The number of nitrogens with one attached hydrogen (secondary N) is 1. The summed E-state index contributed by atoms with van der Waals surface area (Å²) >= 11 is 0.914. The Kier molecular flexibility index (Phi) is 10.8. The van der Waals surface area contributed by atoms with Crippen LogP contribution in [0.3, 0.4) is 0 Å². The van der Waals surface area contributed by atoms with Gasteiger partial charge < -0.3 is 20.4 Å². The number of carboxylic acids is 4. The molecule has 1 atom stereocenters. The summed E-state index contributed by atoms with van der Waals surface area (Å²) in [4.78, 5) is 39.8. The van der Waals surface area contributed by atoms with E-state index in [0.717, 1.165) is 11.8 Å². The monoisotopic (exact) mass is 351 g/mol. The maximum atomic E-state index is 10.6. The third kappa shape index (κ3) is 14.4. The molecule has 0 aromatic rings. The molecule has 0 radical (unpaired) electrons. The van der Waals surface area contributed by atoms with Crippen LogP contribution in [0.1, 0.15) is 0 Å². The quantitative estimate of drug-likeness (QED) is 0.388. The van der Waals surface area contributed by atoms with E-state index in [1.54, 1.807) is 0 Å². The average molecular weight is 351 g/mol. The first-order valence-corrected chi connectivity index (χ1v) is 6.31. The van der Waals surface area contributed by atoms with Crippen LogP contribution >= 0.6 is 11.8 Å². The Labute approximate surface area is 125 Å². The van der Waals surface area contributed by atoms with Gasteiger partial charge in [0.1, 0.15) is 6.04 Å². The first kappa shape index (κ1) is 22.3. The smallest absolute Gasteiger partial charge is 0.481 e. The first-order valence-electron chi connectivity index (χ1n) is 5.15. The molecule has 0 amide bonds. The van der Waals surface area contributed by atoms with E-state index < -0.39 is 42.6 Å². The van der Waals surface area contributed by atoms with Crippen molar-refractivity contribution in [2.45, 2.75) is 12.2 Å². The molecule has 0 rings (SSSR count). The highest BCUT2D eigenvalue weighted by molar-refractivity contribution is 8.00. The number of rotatable bonds is 8. The molecule has 0 fully saturated rings. The Morgan fingerprint density at radius 1 is 1.00 bits per heavy atom. The largest absolute Gasteiger partial charge is 0.490 e. The minimum Gasteiger partial charge on any atom is -0.481 e. The molecule has 0 aromatic carbocycles. The van der Waals surface area contributed by atoms with E-state index in [0.29, 0.717) is 0 Å². The van der Waals surface area contributed by atoms with Crippen molar-refractivity contribution in [3.05, 3.63) is 0 Å². The van der Waals surface area contributed by atoms with E-state index in [9.17, 15) is 27.6 Å². The second-order valence-electron chi connectivity index (χ2n) is 3.38. The van der Waals surface area contributed by atoms with E-state index in [4.69, 9.17) is 25.2 Å². The molecule has 9 nitrogen and oxygen atoms in total. The van der Waals surface area contributed by atoms with Gasteiger partial charge in [-0.05, 0) is 0 Å². The van der Waals surface area contributed by atoms with Gasteiger partial charge >= 0.3 is 30.1 Å². The molecule has 0 saturated carbocycles.